The van der Waals surface area contributed by atoms with Crippen LogP contribution in [-0.4, -0.2) is 49.9 Å². The number of benzene rings is 1. The number of rotatable bonds is 5. The maximum absolute atomic E-state index is 13.1. The molecule has 1 aromatic rings. The molecule has 1 aromatic carbocycles. The Morgan fingerprint density at radius 3 is 2.54 bits per heavy atom. The van der Waals surface area contributed by atoms with Crippen LogP contribution in [-0.2, 0) is 20.8 Å². The Labute approximate surface area is 167 Å². The van der Waals surface area contributed by atoms with Crippen LogP contribution < -0.4 is 10.2 Å². The molecule has 0 aliphatic carbocycles. The highest BCUT2D eigenvalue weighted by Gasteiger charge is 2.32. The fourth-order valence-corrected chi connectivity index (χ4v) is 6.94. The van der Waals surface area contributed by atoms with Crippen molar-refractivity contribution in [1.82, 2.24) is 0 Å². The van der Waals surface area contributed by atoms with E-state index >= 15 is 0 Å². The van der Waals surface area contributed by atoms with E-state index in [4.69, 9.17) is 0 Å². The van der Waals surface area contributed by atoms with Crippen LogP contribution in [0.5, 0.6) is 0 Å². The second-order valence-electron chi connectivity index (χ2n) is 7.16. The summed E-state index contributed by atoms with van der Waals surface area (Å²) in [6, 6.07) is 3.44. The second kappa shape index (κ2) is 8.52. The number of nitrogens with zero attached hydrogens (tertiary/aromatic N) is 1. The van der Waals surface area contributed by atoms with E-state index in [9.17, 15) is 26.4 Å². The van der Waals surface area contributed by atoms with Crippen molar-refractivity contribution in [1.29, 1.82) is 0 Å². The first-order chi connectivity index (χ1) is 13.1. The van der Waals surface area contributed by atoms with Gasteiger partial charge in [0, 0.05) is 18.3 Å². The van der Waals surface area contributed by atoms with Gasteiger partial charge in [-0.3, -0.25) is 4.79 Å². The van der Waals surface area contributed by atoms with Crippen LogP contribution in [0.4, 0.5) is 24.5 Å². The molecular formula is C18H23F3N2O3S2. The summed E-state index contributed by atoms with van der Waals surface area (Å²) in [4.78, 5) is 14.3. The van der Waals surface area contributed by atoms with E-state index < -0.39 is 27.5 Å². The lowest BCUT2D eigenvalue weighted by Gasteiger charge is -2.31. The standard InChI is InChI=1S/C18H23F3N2O3S2/c19-18(20,21)13-4-5-16(23-7-2-1-3-8-23)15(10-13)22-17(24)11-27-14-6-9-28(25,26)12-14/h4-5,10,14H,1-3,6-9,11-12H2,(H,22,24). The molecule has 0 spiro atoms. The third-order valence-corrected chi connectivity index (χ3v) is 8.22. The van der Waals surface area contributed by atoms with Gasteiger partial charge in [0.1, 0.15) is 0 Å². The number of thioether (sulfide) groups is 1. The number of carbonyl (C=O) groups excluding carboxylic acids is 1. The highest BCUT2D eigenvalue weighted by molar-refractivity contribution is 8.02. The molecule has 5 nitrogen and oxygen atoms in total. The van der Waals surface area contributed by atoms with Gasteiger partial charge >= 0.3 is 6.18 Å². The van der Waals surface area contributed by atoms with Crippen molar-refractivity contribution >= 4 is 38.9 Å². The molecule has 0 saturated carbocycles. The third kappa shape index (κ3) is 5.56. The fourth-order valence-electron chi connectivity index (χ4n) is 3.50. The number of hydrogen-bond acceptors (Lipinski definition) is 5. The maximum atomic E-state index is 13.1. The van der Waals surface area contributed by atoms with Crippen molar-refractivity contribution in [2.45, 2.75) is 37.1 Å². The number of alkyl halides is 3. The molecule has 2 saturated heterocycles. The number of sulfone groups is 1. The van der Waals surface area contributed by atoms with Crippen molar-refractivity contribution in [3.05, 3.63) is 23.8 Å². The lowest BCUT2D eigenvalue weighted by Crippen LogP contribution is -2.31. The number of nitrogens with one attached hydrogen (secondary N) is 1. The van der Waals surface area contributed by atoms with Crippen LogP contribution in [0.25, 0.3) is 0 Å². The molecule has 1 N–H and O–H groups in total. The molecule has 1 atom stereocenters. The molecule has 1 unspecified atom stereocenters. The quantitative estimate of drug-likeness (QED) is 0.765. The smallest absolute Gasteiger partial charge is 0.370 e. The van der Waals surface area contributed by atoms with Gasteiger partial charge in [-0.15, -0.1) is 11.8 Å². The molecule has 28 heavy (non-hydrogen) atoms. The van der Waals surface area contributed by atoms with Crippen molar-refractivity contribution in [3.63, 3.8) is 0 Å². The number of amides is 1. The molecule has 0 aromatic heterocycles. The summed E-state index contributed by atoms with van der Waals surface area (Å²) in [5.41, 5.74) is -0.0611. The second-order valence-corrected chi connectivity index (χ2v) is 10.7. The van der Waals surface area contributed by atoms with E-state index in [0.29, 0.717) is 12.1 Å². The summed E-state index contributed by atoms with van der Waals surface area (Å²) in [5, 5.41) is 2.47. The van der Waals surface area contributed by atoms with Crippen LogP contribution in [0.15, 0.2) is 18.2 Å². The average molecular weight is 437 g/mol. The summed E-state index contributed by atoms with van der Waals surface area (Å²) in [6.45, 7) is 1.48. The minimum atomic E-state index is -4.49. The maximum Gasteiger partial charge on any atom is 0.416 e. The minimum absolute atomic E-state index is 0.00979. The molecule has 1 amide bonds. The van der Waals surface area contributed by atoms with Gasteiger partial charge in [-0.25, -0.2) is 8.42 Å². The monoisotopic (exact) mass is 436 g/mol. The first-order valence-electron chi connectivity index (χ1n) is 9.22. The van der Waals surface area contributed by atoms with Crippen molar-refractivity contribution in [3.8, 4) is 0 Å². The average Bonchev–Trinajstić information content (AvgIpc) is 2.99. The summed E-state index contributed by atoms with van der Waals surface area (Å²) >= 11 is 1.24. The lowest BCUT2D eigenvalue weighted by atomic mass is 10.1. The Bertz CT molecular complexity index is 822. The van der Waals surface area contributed by atoms with Crippen LogP contribution in [0.3, 0.4) is 0 Å². The van der Waals surface area contributed by atoms with E-state index in [1.165, 1.54) is 17.8 Å². The molecule has 2 aliphatic heterocycles. The summed E-state index contributed by atoms with van der Waals surface area (Å²) in [7, 11) is -3.03. The fraction of sp³-hybridized carbons (Fsp3) is 0.611. The lowest BCUT2D eigenvalue weighted by molar-refractivity contribution is -0.137. The molecular weight excluding hydrogens is 413 g/mol. The number of carbonyl (C=O) groups is 1. The van der Waals surface area contributed by atoms with Crippen LogP contribution >= 0.6 is 11.8 Å². The molecule has 2 fully saturated rings. The van der Waals surface area contributed by atoms with Gasteiger partial charge in [0.05, 0.1) is 34.2 Å². The number of anilines is 2. The predicted molar refractivity (Wildman–Crippen MR) is 106 cm³/mol. The van der Waals surface area contributed by atoms with Gasteiger partial charge in [0.2, 0.25) is 5.91 Å². The Balaban J connectivity index is 1.71. The van der Waals surface area contributed by atoms with Gasteiger partial charge < -0.3 is 10.2 Å². The first kappa shape index (κ1) is 21.3. The summed E-state index contributed by atoms with van der Waals surface area (Å²) in [5.74, 6) is -0.241. The van der Waals surface area contributed by atoms with Gasteiger partial charge in [0.25, 0.3) is 0 Å². The molecule has 2 aliphatic rings. The number of piperidine rings is 1. The zero-order chi connectivity index (χ0) is 20.4. The molecule has 10 heteroatoms. The minimum Gasteiger partial charge on any atom is -0.370 e. The van der Waals surface area contributed by atoms with Gasteiger partial charge in [0.15, 0.2) is 9.84 Å². The summed E-state index contributed by atoms with van der Waals surface area (Å²) < 4.78 is 62.4. The van der Waals surface area contributed by atoms with E-state index in [0.717, 1.165) is 44.5 Å². The normalized spacial score (nSPS) is 22.2. The third-order valence-electron chi connectivity index (χ3n) is 4.94. The van der Waals surface area contributed by atoms with Gasteiger partial charge in [-0.2, -0.15) is 13.2 Å². The number of halogens is 3. The van der Waals surface area contributed by atoms with Crippen LogP contribution in [0, 0.1) is 0 Å². The molecule has 3 rings (SSSR count). The topological polar surface area (TPSA) is 66.5 Å². The van der Waals surface area contributed by atoms with E-state index in [1.54, 1.807) is 0 Å². The van der Waals surface area contributed by atoms with Crippen molar-refractivity contribution in [2.75, 3.05) is 40.6 Å². The predicted octanol–water partition coefficient (Wildman–Crippen LogP) is 3.55. The zero-order valence-electron chi connectivity index (χ0n) is 15.3. The first-order valence-corrected chi connectivity index (χ1v) is 12.1. The SMILES string of the molecule is O=C(CSC1CCS(=O)(=O)C1)Nc1cc(C(F)(F)F)ccc1N1CCCCC1. The largest absolute Gasteiger partial charge is 0.416 e. The molecule has 0 bridgehead atoms. The Hall–Kier alpha value is -1.42. The zero-order valence-corrected chi connectivity index (χ0v) is 16.9. The van der Waals surface area contributed by atoms with E-state index in [1.807, 2.05) is 4.90 Å². The summed E-state index contributed by atoms with van der Waals surface area (Å²) in [6.07, 6.45) is -0.990. The van der Waals surface area contributed by atoms with Gasteiger partial charge in [-0.1, -0.05) is 0 Å². The molecule has 156 valence electrons. The van der Waals surface area contributed by atoms with E-state index in [2.05, 4.69) is 5.32 Å². The Morgan fingerprint density at radius 2 is 1.93 bits per heavy atom. The van der Waals surface area contributed by atoms with Crippen LogP contribution in [0.2, 0.25) is 0 Å². The Morgan fingerprint density at radius 1 is 1.21 bits per heavy atom. The van der Waals surface area contributed by atoms with Crippen molar-refractivity contribution < 1.29 is 26.4 Å². The van der Waals surface area contributed by atoms with Crippen LogP contribution in [0.1, 0.15) is 31.2 Å². The highest BCUT2D eigenvalue weighted by Crippen LogP contribution is 2.36. The van der Waals surface area contributed by atoms with Gasteiger partial charge in [-0.05, 0) is 43.9 Å². The van der Waals surface area contributed by atoms with Crippen molar-refractivity contribution in [2.24, 2.45) is 0 Å². The highest BCUT2D eigenvalue weighted by atomic mass is 32.2. The van der Waals surface area contributed by atoms with E-state index in [-0.39, 0.29) is 28.2 Å². The molecule has 2 heterocycles. The molecule has 0 radical (unpaired) electrons. The Kier molecular flexibility index (Phi) is 6.48. The number of hydrogen-bond donors (Lipinski definition) is 1.